The number of hydrogen-bond acceptors (Lipinski definition) is 0. The Morgan fingerprint density at radius 2 is 0.700 bits per heavy atom. The summed E-state index contributed by atoms with van der Waals surface area (Å²) >= 11 is 7.34. The fourth-order valence-corrected chi connectivity index (χ4v) is 1.55. The molecule has 122 valence electrons. The first-order valence-electron chi connectivity index (χ1n) is 3.90. The van der Waals surface area contributed by atoms with Crippen LogP contribution in [0, 0.1) is 0 Å². The van der Waals surface area contributed by atoms with Crippen LogP contribution in [0.2, 0.25) is 0 Å². The average Bonchev–Trinajstić information content (AvgIpc) is 2.07. The highest BCUT2D eigenvalue weighted by atomic mass is 35.5. The average molecular weight is 371 g/mol. The van der Waals surface area contributed by atoms with E-state index in [1.807, 2.05) is 0 Å². The first-order chi connectivity index (χ1) is 8.25. The normalized spacial score (nSPS) is 18.9. The Labute approximate surface area is 111 Å². The lowest BCUT2D eigenvalue weighted by Crippen LogP contribution is -2.75. The summed E-state index contributed by atoms with van der Waals surface area (Å²) in [4.78, 5) is -6.81. The van der Waals surface area contributed by atoms with Gasteiger partial charge in [-0.25, -0.2) is 4.39 Å². The van der Waals surface area contributed by atoms with E-state index in [0.29, 0.717) is 0 Å². The minimum absolute atomic E-state index is 3.60. The smallest absolute Gasteiger partial charge is 0.221 e. The van der Waals surface area contributed by atoms with Gasteiger partial charge in [0.05, 0.1) is 0 Å². The van der Waals surface area contributed by atoms with Crippen LogP contribution in [0.1, 0.15) is 0 Å². The van der Waals surface area contributed by atoms with Gasteiger partial charge in [-0.2, -0.15) is 48.3 Å². The number of hydrogen-bond donors (Lipinski definition) is 0. The summed E-state index contributed by atoms with van der Waals surface area (Å²) in [7, 11) is 0. The van der Waals surface area contributed by atoms with E-state index in [2.05, 4.69) is 23.2 Å². The highest BCUT2D eigenvalue weighted by molar-refractivity contribution is 6.34. The fraction of sp³-hybridized carbons (Fsp3) is 1.00. The van der Waals surface area contributed by atoms with Crippen molar-refractivity contribution in [3.63, 3.8) is 0 Å². The van der Waals surface area contributed by atoms with Gasteiger partial charge in [0.25, 0.3) is 4.87 Å². The van der Waals surface area contributed by atoms with Gasteiger partial charge in [-0.05, 0) is 11.6 Å². The minimum atomic E-state index is -7.54. The molecule has 0 aliphatic heterocycles. The summed E-state index contributed by atoms with van der Waals surface area (Å²) in [5.74, 6) is 0. The Bertz CT molecular complexity index is 292. The van der Waals surface area contributed by atoms with Crippen molar-refractivity contribution in [1.82, 2.24) is 0 Å². The van der Waals surface area contributed by atoms with Gasteiger partial charge in [0.15, 0.2) is 0 Å². The van der Waals surface area contributed by atoms with Crippen LogP contribution >= 0.6 is 23.2 Å². The molecule has 0 aromatic rings. The molecule has 0 rings (SSSR count). The summed E-state index contributed by atoms with van der Waals surface area (Å²) in [5, 5.41) is -6.47. The van der Waals surface area contributed by atoms with Crippen LogP contribution in [0.25, 0.3) is 0 Å². The van der Waals surface area contributed by atoms with Gasteiger partial charge >= 0.3 is 29.6 Å². The van der Waals surface area contributed by atoms with Crippen molar-refractivity contribution in [2.75, 3.05) is 0 Å². The van der Waals surface area contributed by atoms with Crippen molar-refractivity contribution in [1.29, 1.82) is 0 Å². The first kappa shape index (κ1) is 19.7. The maximum absolute atomic E-state index is 13.2. The van der Waals surface area contributed by atoms with Crippen LogP contribution < -0.4 is 0 Å². The highest BCUT2D eigenvalue weighted by Crippen LogP contribution is 2.65. The zero-order chi connectivity index (χ0) is 17.0. The summed E-state index contributed by atoms with van der Waals surface area (Å²) < 4.78 is 147. The van der Waals surface area contributed by atoms with Crippen molar-refractivity contribution in [2.45, 2.75) is 34.5 Å². The molecule has 0 nitrogen and oxygen atoms in total. The Kier molecular flexibility index (Phi) is 4.56. The molecule has 0 amide bonds. The molecule has 1 atom stereocenters. The van der Waals surface area contributed by atoms with Crippen molar-refractivity contribution in [2.24, 2.45) is 0 Å². The van der Waals surface area contributed by atoms with Crippen molar-refractivity contribution >= 4 is 23.2 Å². The van der Waals surface area contributed by atoms with Crippen LogP contribution in [0.3, 0.4) is 0 Å². The number of alkyl halides is 14. The van der Waals surface area contributed by atoms with E-state index in [-0.39, 0.29) is 0 Å². The lowest BCUT2D eigenvalue weighted by atomic mass is 9.85. The fourth-order valence-electron chi connectivity index (χ4n) is 1.10. The van der Waals surface area contributed by atoms with Gasteiger partial charge in [-0.15, -0.1) is 0 Å². The molecule has 0 N–H and O–H groups in total. The molecule has 0 spiro atoms. The molecule has 20 heavy (non-hydrogen) atoms. The third kappa shape index (κ3) is 2.48. The SMILES string of the molecule is FC(F)(F)C(F)(C(F)(F)F)C(Cl)(C(F)(F)F)C(F)(F)Cl. The molecule has 14 heteroatoms. The minimum Gasteiger partial charge on any atom is -0.221 e. The molecular weight excluding hydrogens is 371 g/mol. The van der Waals surface area contributed by atoms with Crippen molar-refractivity contribution < 1.29 is 52.7 Å². The second kappa shape index (κ2) is 4.62. The topological polar surface area (TPSA) is 0 Å². The quantitative estimate of drug-likeness (QED) is 0.463. The molecule has 0 radical (unpaired) electrons. The predicted molar refractivity (Wildman–Crippen MR) is 41.4 cm³/mol. The zero-order valence-electron chi connectivity index (χ0n) is 8.29. The van der Waals surface area contributed by atoms with Gasteiger partial charge < -0.3 is 0 Å². The Hall–Kier alpha value is -0.260. The van der Waals surface area contributed by atoms with Crippen LogP contribution in [-0.4, -0.2) is 34.5 Å². The molecule has 0 bridgehead atoms. The molecular formula is C6Cl2F12. The zero-order valence-corrected chi connectivity index (χ0v) is 9.80. The third-order valence-electron chi connectivity index (χ3n) is 2.04. The van der Waals surface area contributed by atoms with E-state index >= 15 is 0 Å². The van der Waals surface area contributed by atoms with Crippen LogP contribution in [-0.2, 0) is 0 Å². The van der Waals surface area contributed by atoms with Gasteiger partial charge in [-0.3, -0.25) is 0 Å². The van der Waals surface area contributed by atoms with Crippen molar-refractivity contribution in [3.8, 4) is 0 Å². The van der Waals surface area contributed by atoms with E-state index in [4.69, 9.17) is 0 Å². The lowest BCUT2D eigenvalue weighted by molar-refractivity contribution is -0.392. The molecule has 0 aliphatic rings. The molecule has 1 unspecified atom stereocenters. The van der Waals surface area contributed by atoms with E-state index in [0.717, 1.165) is 0 Å². The number of halogens is 14. The van der Waals surface area contributed by atoms with Crippen LogP contribution in [0.15, 0.2) is 0 Å². The van der Waals surface area contributed by atoms with E-state index < -0.39 is 34.5 Å². The van der Waals surface area contributed by atoms with Gasteiger partial charge in [0.2, 0.25) is 0 Å². The molecule has 0 aliphatic carbocycles. The molecule has 0 aromatic carbocycles. The Morgan fingerprint density at radius 1 is 0.450 bits per heavy atom. The van der Waals surface area contributed by atoms with E-state index in [1.165, 1.54) is 0 Å². The van der Waals surface area contributed by atoms with Crippen LogP contribution in [0.4, 0.5) is 52.7 Å². The second-order valence-corrected chi connectivity index (χ2v) is 4.35. The largest absolute Gasteiger partial charge is 0.434 e. The van der Waals surface area contributed by atoms with E-state index in [1.54, 1.807) is 0 Å². The molecule has 0 heterocycles. The predicted octanol–water partition coefficient (Wildman–Crippen LogP) is 5.19. The summed E-state index contributed by atoms with van der Waals surface area (Å²) in [5.41, 5.74) is -7.54. The van der Waals surface area contributed by atoms with E-state index in [9.17, 15) is 52.7 Å². The lowest BCUT2D eigenvalue weighted by Gasteiger charge is -2.44. The molecule has 0 saturated carbocycles. The monoisotopic (exact) mass is 370 g/mol. The standard InChI is InChI=1S/C6Cl2F12/c7-1(3(8,10)11,4(12,13)14)2(9,5(15,16)17)6(18,19)20. The maximum atomic E-state index is 13.2. The third-order valence-corrected chi connectivity index (χ3v) is 3.13. The maximum Gasteiger partial charge on any atom is 0.434 e. The summed E-state index contributed by atoms with van der Waals surface area (Å²) in [6.45, 7) is 0. The highest BCUT2D eigenvalue weighted by Gasteiger charge is 2.93. The summed E-state index contributed by atoms with van der Waals surface area (Å²) in [6, 6.07) is 0. The van der Waals surface area contributed by atoms with Gasteiger partial charge in [-0.1, -0.05) is 11.6 Å². The molecule has 0 fully saturated rings. The second-order valence-electron chi connectivity index (χ2n) is 3.31. The number of rotatable bonds is 2. The first-order valence-corrected chi connectivity index (χ1v) is 4.65. The van der Waals surface area contributed by atoms with Crippen molar-refractivity contribution in [3.05, 3.63) is 0 Å². The molecule has 0 aromatic heterocycles. The van der Waals surface area contributed by atoms with Crippen LogP contribution in [0.5, 0.6) is 0 Å². The molecule has 0 saturated heterocycles. The Morgan fingerprint density at radius 3 is 0.750 bits per heavy atom. The Balaban J connectivity index is 6.71. The van der Waals surface area contributed by atoms with Gasteiger partial charge in [0, 0.05) is 0 Å². The van der Waals surface area contributed by atoms with Gasteiger partial charge in [0.1, 0.15) is 0 Å². The summed E-state index contributed by atoms with van der Waals surface area (Å²) in [6.07, 6.45) is -22.1.